The number of rotatable bonds is 4. The molecule has 0 rings (SSSR count). The third kappa shape index (κ3) is 6.40. The van der Waals surface area contributed by atoms with Gasteiger partial charge in [0.05, 0.1) is 6.07 Å². The van der Waals surface area contributed by atoms with Gasteiger partial charge in [-0.2, -0.15) is 5.26 Å². The normalized spacial score (nSPS) is 7.82. The molecule has 0 N–H and O–H groups in total. The number of ether oxygens (including phenoxy) is 1. The lowest BCUT2D eigenvalue weighted by Crippen LogP contribution is -2.03. The summed E-state index contributed by atoms with van der Waals surface area (Å²) >= 11 is 0. The van der Waals surface area contributed by atoms with E-state index < -0.39 is 0 Å². The molecule has 0 heterocycles. The molecule has 0 radical (unpaired) electrons. The molecule has 0 saturated heterocycles. The van der Waals surface area contributed by atoms with E-state index in [1.165, 1.54) is 0 Å². The molecule has 58 valence electrons. The van der Waals surface area contributed by atoms with Crippen LogP contribution < -0.4 is 0 Å². The number of hydrogen-bond donors (Lipinski definition) is 0. The van der Waals surface area contributed by atoms with Crippen LogP contribution in [0, 0.1) is 23.7 Å². The number of nitrogens with zero attached hydrogens (tertiary/aromatic N) is 1. The fourth-order valence-electron chi connectivity index (χ4n) is 0.506. The zero-order valence-corrected chi connectivity index (χ0v) is 6.17. The van der Waals surface area contributed by atoms with E-state index in [0.717, 1.165) is 0 Å². The SMILES string of the molecule is C#CCOC(=O)CCCC#N. The van der Waals surface area contributed by atoms with Crippen LogP contribution in [0.2, 0.25) is 0 Å². The van der Waals surface area contributed by atoms with Crippen LogP contribution in [0.5, 0.6) is 0 Å². The van der Waals surface area contributed by atoms with Gasteiger partial charge in [-0.1, -0.05) is 5.92 Å². The molecule has 0 bridgehead atoms. The minimum Gasteiger partial charge on any atom is -0.452 e. The summed E-state index contributed by atoms with van der Waals surface area (Å²) < 4.78 is 4.55. The first-order chi connectivity index (χ1) is 5.31. The molecule has 0 aromatic heterocycles. The summed E-state index contributed by atoms with van der Waals surface area (Å²) in [5.74, 6) is 1.85. The summed E-state index contributed by atoms with van der Waals surface area (Å²) in [4.78, 5) is 10.6. The molecule has 11 heavy (non-hydrogen) atoms. The summed E-state index contributed by atoms with van der Waals surface area (Å²) in [5, 5.41) is 8.12. The zero-order chi connectivity index (χ0) is 8.53. The molecule has 0 unspecified atom stereocenters. The van der Waals surface area contributed by atoms with Crippen molar-refractivity contribution in [2.75, 3.05) is 6.61 Å². The van der Waals surface area contributed by atoms with Crippen molar-refractivity contribution in [3.8, 4) is 18.4 Å². The summed E-state index contributed by atoms with van der Waals surface area (Å²) in [7, 11) is 0. The fraction of sp³-hybridized carbons (Fsp3) is 0.500. The Morgan fingerprint density at radius 3 is 2.91 bits per heavy atom. The lowest BCUT2D eigenvalue weighted by molar-refractivity contribution is -0.142. The topological polar surface area (TPSA) is 50.1 Å². The van der Waals surface area contributed by atoms with Gasteiger partial charge in [-0.3, -0.25) is 4.79 Å². The highest BCUT2D eigenvalue weighted by Gasteiger charge is 1.99. The van der Waals surface area contributed by atoms with Crippen LogP contribution in [0.15, 0.2) is 0 Å². The van der Waals surface area contributed by atoms with Gasteiger partial charge < -0.3 is 4.74 Å². The monoisotopic (exact) mass is 151 g/mol. The third-order valence-corrected chi connectivity index (χ3v) is 0.986. The molecule has 0 aliphatic rings. The first-order valence-corrected chi connectivity index (χ1v) is 3.27. The molecule has 0 atom stereocenters. The highest BCUT2D eigenvalue weighted by atomic mass is 16.5. The van der Waals surface area contributed by atoms with E-state index in [1.807, 2.05) is 6.07 Å². The smallest absolute Gasteiger partial charge is 0.306 e. The molecule has 0 spiro atoms. The van der Waals surface area contributed by atoms with Crippen molar-refractivity contribution in [2.45, 2.75) is 19.3 Å². The Morgan fingerprint density at radius 1 is 1.64 bits per heavy atom. The fourth-order valence-corrected chi connectivity index (χ4v) is 0.506. The van der Waals surface area contributed by atoms with E-state index in [-0.39, 0.29) is 19.0 Å². The number of nitriles is 1. The summed E-state index contributed by atoms with van der Waals surface area (Å²) in [6.45, 7) is 0.0192. The van der Waals surface area contributed by atoms with E-state index in [1.54, 1.807) is 0 Å². The Bertz CT molecular complexity index is 197. The highest BCUT2D eigenvalue weighted by molar-refractivity contribution is 5.69. The van der Waals surface area contributed by atoms with Crippen molar-refractivity contribution in [1.29, 1.82) is 5.26 Å². The van der Waals surface area contributed by atoms with Gasteiger partial charge in [0.25, 0.3) is 0 Å². The summed E-state index contributed by atoms with van der Waals surface area (Å²) in [5.41, 5.74) is 0. The first-order valence-electron chi connectivity index (χ1n) is 3.27. The van der Waals surface area contributed by atoms with Crippen LogP contribution in [-0.4, -0.2) is 12.6 Å². The maximum atomic E-state index is 10.6. The highest BCUT2D eigenvalue weighted by Crippen LogP contribution is 1.95. The second-order valence-electron chi connectivity index (χ2n) is 1.88. The number of esters is 1. The molecule has 3 nitrogen and oxygen atoms in total. The van der Waals surface area contributed by atoms with Crippen molar-refractivity contribution in [3.63, 3.8) is 0 Å². The number of hydrogen-bond acceptors (Lipinski definition) is 3. The van der Waals surface area contributed by atoms with Crippen LogP contribution in [0.3, 0.4) is 0 Å². The number of unbranched alkanes of at least 4 members (excludes halogenated alkanes) is 1. The van der Waals surface area contributed by atoms with Crippen LogP contribution >= 0.6 is 0 Å². The van der Waals surface area contributed by atoms with E-state index >= 15 is 0 Å². The van der Waals surface area contributed by atoms with Gasteiger partial charge in [-0.15, -0.1) is 6.42 Å². The van der Waals surface area contributed by atoms with Gasteiger partial charge in [0.2, 0.25) is 0 Å². The molecular formula is C8H9NO2. The predicted octanol–water partition coefficient (Wildman–Crippen LogP) is 0.857. The molecule has 0 aromatic rings. The second kappa shape index (κ2) is 6.64. The number of terminal acetylenes is 1. The summed E-state index contributed by atoms with van der Waals surface area (Å²) in [6, 6.07) is 1.93. The van der Waals surface area contributed by atoms with E-state index in [2.05, 4.69) is 10.7 Å². The molecule has 0 aromatic carbocycles. The van der Waals surface area contributed by atoms with Crippen molar-refractivity contribution < 1.29 is 9.53 Å². The minimum atomic E-state index is -0.335. The number of carbonyl (C=O) groups excluding carboxylic acids is 1. The van der Waals surface area contributed by atoms with Crippen LogP contribution in [-0.2, 0) is 9.53 Å². The molecule has 0 fully saturated rings. The van der Waals surface area contributed by atoms with Gasteiger partial charge in [-0.25, -0.2) is 0 Å². The maximum Gasteiger partial charge on any atom is 0.306 e. The molecule has 3 heteroatoms. The molecule has 0 amide bonds. The van der Waals surface area contributed by atoms with E-state index in [0.29, 0.717) is 12.8 Å². The Balaban J connectivity index is 3.26. The molecule has 0 aliphatic carbocycles. The predicted molar refractivity (Wildman–Crippen MR) is 39.3 cm³/mol. The van der Waals surface area contributed by atoms with Crippen molar-refractivity contribution in [2.24, 2.45) is 0 Å². The van der Waals surface area contributed by atoms with E-state index in [4.69, 9.17) is 11.7 Å². The largest absolute Gasteiger partial charge is 0.452 e. The van der Waals surface area contributed by atoms with Crippen LogP contribution in [0.25, 0.3) is 0 Å². The van der Waals surface area contributed by atoms with Crippen molar-refractivity contribution in [1.82, 2.24) is 0 Å². The average Bonchev–Trinajstić information content (AvgIpc) is 2.01. The third-order valence-electron chi connectivity index (χ3n) is 0.986. The Morgan fingerprint density at radius 2 is 2.36 bits per heavy atom. The minimum absolute atomic E-state index is 0.0192. The van der Waals surface area contributed by atoms with Crippen molar-refractivity contribution >= 4 is 5.97 Å². The van der Waals surface area contributed by atoms with E-state index in [9.17, 15) is 4.79 Å². The van der Waals surface area contributed by atoms with Gasteiger partial charge in [0.1, 0.15) is 0 Å². The lowest BCUT2D eigenvalue weighted by atomic mass is 10.2. The molecule has 0 aliphatic heterocycles. The van der Waals surface area contributed by atoms with Gasteiger partial charge in [0.15, 0.2) is 6.61 Å². The summed E-state index contributed by atoms with van der Waals surface area (Å²) in [6.07, 6.45) is 6.05. The maximum absolute atomic E-state index is 10.6. The van der Waals surface area contributed by atoms with Gasteiger partial charge in [-0.05, 0) is 6.42 Å². The molecule has 0 saturated carbocycles. The lowest BCUT2D eigenvalue weighted by Gasteiger charge is -1.97. The van der Waals surface area contributed by atoms with Gasteiger partial charge in [0, 0.05) is 12.8 Å². The van der Waals surface area contributed by atoms with Crippen molar-refractivity contribution in [3.05, 3.63) is 0 Å². The zero-order valence-electron chi connectivity index (χ0n) is 6.17. The van der Waals surface area contributed by atoms with Gasteiger partial charge >= 0.3 is 5.97 Å². The Labute approximate surface area is 66.0 Å². The Kier molecular flexibility index (Phi) is 5.74. The first kappa shape index (κ1) is 9.52. The number of carbonyl (C=O) groups is 1. The average molecular weight is 151 g/mol. The Hall–Kier alpha value is -1.48. The van der Waals surface area contributed by atoms with Crippen LogP contribution in [0.4, 0.5) is 0 Å². The molecular weight excluding hydrogens is 142 g/mol. The quantitative estimate of drug-likeness (QED) is 0.340. The van der Waals surface area contributed by atoms with Crippen LogP contribution in [0.1, 0.15) is 19.3 Å². The second-order valence-corrected chi connectivity index (χ2v) is 1.88. The standard InChI is InChI=1S/C8H9NO2/c1-2-7-11-8(10)5-3-4-6-9/h1H,3-5,7H2.